The molecule has 0 radical (unpaired) electrons. The van der Waals surface area contributed by atoms with Crippen LogP contribution in [0.2, 0.25) is 0 Å². The molecule has 5 nitrogen and oxygen atoms in total. The number of nitrogens with two attached hydrogens (primary N) is 1. The number of likely N-dealkylation sites (tertiary alicyclic amines) is 1. The van der Waals surface area contributed by atoms with Gasteiger partial charge in [0, 0.05) is 29.9 Å². The Morgan fingerprint density at radius 2 is 2.17 bits per heavy atom. The van der Waals surface area contributed by atoms with Crippen molar-refractivity contribution in [1.82, 2.24) is 14.9 Å². The molecular formula is C18H18N4O. The fourth-order valence-electron chi connectivity index (χ4n) is 3.13. The van der Waals surface area contributed by atoms with Gasteiger partial charge in [0.1, 0.15) is 5.65 Å². The van der Waals surface area contributed by atoms with Crippen LogP contribution in [-0.2, 0) is 6.54 Å². The number of amides is 1. The smallest absolute Gasteiger partial charge is 0.250 e. The maximum atomic E-state index is 12.0. The van der Waals surface area contributed by atoms with Gasteiger partial charge in [0.25, 0.3) is 0 Å². The Labute approximate surface area is 134 Å². The highest BCUT2D eigenvalue weighted by molar-refractivity contribution is 6.10. The van der Waals surface area contributed by atoms with E-state index in [0.29, 0.717) is 11.2 Å². The normalized spacial score (nSPS) is 14.8. The van der Waals surface area contributed by atoms with Crippen LogP contribution in [0, 0.1) is 0 Å². The zero-order valence-electron chi connectivity index (χ0n) is 12.7. The molecule has 0 aliphatic carbocycles. The molecule has 4 rings (SSSR count). The van der Waals surface area contributed by atoms with Crippen molar-refractivity contribution < 1.29 is 4.79 Å². The lowest BCUT2D eigenvalue weighted by atomic mass is 9.97. The third-order valence-electron chi connectivity index (χ3n) is 4.43. The van der Waals surface area contributed by atoms with E-state index in [2.05, 4.69) is 27.0 Å². The number of aromatic nitrogens is 2. The van der Waals surface area contributed by atoms with Gasteiger partial charge in [-0.05, 0) is 42.8 Å². The van der Waals surface area contributed by atoms with Crippen LogP contribution in [0.25, 0.3) is 22.2 Å². The third-order valence-corrected chi connectivity index (χ3v) is 4.43. The Morgan fingerprint density at radius 3 is 2.91 bits per heavy atom. The van der Waals surface area contributed by atoms with Crippen LogP contribution in [-0.4, -0.2) is 33.9 Å². The summed E-state index contributed by atoms with van der Waals surface area (Å²) in [5.74, 6) is -0.430. The minimum Gasteiger partial charge on any atom is -0.366 e. The lowest BCUT2D eigenvalue weighted by Crippen LogP contribution is -2.36. The molecule has 2 aromatic heterocycles. The van der Waals surface area contributed by atoms with Gasteiger partial charge in [0.05, 0.1) is 5.56 Å². The Balaban J connectivity index is 1.80. The van der Waals surface area contributed by atoms with E-state index in [0.717, 1.165) is 36.1 Å². The lowest BCUT2D eigenvalue weighted by Gasteiger charge is -2.30. The molecule has 0 bridgehead atoms. The Kier molecular flexibility index (Phi) is 3.35. The first-order chi connectivity index (χ1) is 11.2. The molecule has 0 unspecified atom stereocenters. The van der Waals surface area contributed by atoms with Crippen molar-refractivity contribution in [1.29, 1.82) is 0 Å². The number of H-pyrrole nitrogens is 1. The van der Waals surface area contributed by atoms with E-state index in [1.165, 1.54) is 12.0 Å². The van der Waals surface area contributed by atoms with Crippen molar-refractivity contribution in [3.05, 3.63) is 53.9 Å². The summed E-state index contributed by atoms with van der Waals surface area (Å²) in [4.78, 5) is 21.8. The van der Waals surface area contributed by atoms with Gasteiger partial charge in [-0.25, -0.2) is 4.98 Å². The molecule has 0 atom stereocenters. The summed E-state index contributed by atoms with van der Waals surface area (Å²) in [5.41, 5.74) is 9.85. The second kappa shape index (κ2) is 5.52. The molecule has 3 aromatic rings. The maximum Gasteiger partial charge on any atom is 0.250 e. The lowest BCUT2D eigenvalue weighted by molar-refractivity contribution is 0.100. The molecule has 0 spiro atoms. The molecule has 1 aromatic carbocycles. The minimum atomic E-state index is -0.430. The van der Waals surface area contributed by atoms with Crippen LogP contribution in [0.15, 0.2) is 42.7 Å². The van der Waals surface area contributed by atoms with Crippen LogP contribution in [0.1, 0.15) is 22.3 Å². The average molecular weight is 306 g/mol. The van der Waals surface area contributed by atoms with E-state index in [4.69, 9.17) is 5.73 Å². The summed E-state index contributed by atoms with van der Waals surface area (Å²) >= 11 is 0. The first kappa shape index (κ1) is 14.0. The van der Waals surface area contributed by atoms with Gasteiger partial charge in [-0.15, -0.1) is 0 Å². The van der Waals surface area contributed by atoms with Crippen molar-refractivity contribution in [2.24, 2.45) is 5.73 Å². The number of rotatable bonds is 4. The first-order valence-corrected chi connectivity index (χ1v) is 7.80. The zero-order chi connectivity index (χ0) is 15.8. The van der Waals surface area contributed by atoms with Crippen LogP contribution in [0.3, 0.4) is 0 Å². The largest absolute Gasteiger partial charge is 0.366 e. The SMILES string of the molecule is NC(=O)c1c(-c2cccc(CN3CCC3)c2)cnc2[nH]ccc12. The Hall–Kier alpha value is -2.66. The van der Waals surface area contributed by atoms with Crippen molar-refractivity contribution in [2.45, 2.75) is 13.0 Å². The van der Waals surface area contributed by atoms with Crippen molar-refractivity contribution in [3.63, 3.8) is 0 Å². The molecule has 1 fully saturated rings. The first-order valence-electron chi connectivity index (χ1n) is 7.80. The molecule has 5 heteroatoms. The quantitative estimate of drug-likeness (QED) is 0.778. The number of hydrogen-bond acceptors (Lipinski definition) is 3. The average Bonchev–Trinajstić information content (AvgIpc) is 2.98. The van der Waals surface area contributed by atoms with Gasteiger partial charge in [-0.1, -0.05) is 18.2 Å². The number of pyridine rings is 1. The molecule has 3 heterocycles. The molecule has 1 amide bonds. The molecule has 116 valence electrons. The van der Waals surface area contributed by atoms with Crippen LogP contribution in [0.5, 0.6) is 0 Å². The minimum absolute atomic E-state index is 0.430. The van der Waals surface area contributed by atoms with Gasteiger partial charge in [0.15, 0.2) is 0 Å². The van der Waals surface area contributed by atoms with Crippen LogP contribution >= 0.6 is 0 Å². The number of nitrogens with one attached hydrogen (secondary N) is 1. The summed E-state index contributed by atoms with van der Waals surface area (Å²) in [6.45, 7) is 3.26. The van der Waals surface area contributed by atoms with Gasteiger partial charge in [0.2, 0.25) is 5.91 Å². The number of carbonyl (C=O) groups is 1. The number of hydrogen-bond donors (Lipinski definition) is 2. The Bertz CT molecular complexity index is 880. The standard InChI is InChI=1S/C18H18N4O/c19-17(23)16-14-5-6-20-18(14)21-10-15(16)13-4-1-3-12(9-13)11-22-7-2-8-22/h1,3-6,9-10H,2,7-8,11H2,(H2,19,23)(H,20,21). The van der Waals surface area contributed by atoms with Crippen molar-refractivity contribution in [3.8, 4) is 11.1 Å². The Morgan fingerprint density at radius 1 is 1.30 bits per heavy atom. The van der Waals surface area contributed by atoms with Gasteiger partial charge >= 0.3 is 0 Å². The van der Waals surface area contributed by atoms with Gasteiger partial charge in [-0.2, -0.15) is 0 Å². The molecule has 3 N–H and O–H groups in total. The second-order valence-electron chi connectivity index (χ2n) is 5.98. The third kappa shape index (κ3) is 2.49. The predicted octanol–water partition coefficient (Wildman–Crippen LogP) is 2.53. The number of nitrogens with zero attached hydrogens (tertiary/aromatic N) is 2. The molecule has 23 heavy (non-hydrogen) atoms. The van der Waals surface area contributed by atoms with Gasteiger partial charge in [-0.3, -0.25) is 9.69 Å². The predicted molar refractivity (Wildman–Crippen MR) is 89.9 cm³/mol. The number of primary amides is 1. The van der Waals surface area contributed by atoms with Crippen molar-refractivity contribution >= 4 is 16.9 Å². The molecule has 1 aliphatic heterocycles. The summed E-state index contributed by atoms with van der Waals surface area (Å²) in [6, 6.07) is 10.1. The van der Waals surface area contributed by atoms with Gasteiger partial charge < -0.3 is 10.7 Å². The molecule has 0 saturated carbocycles. The number of benzene rings is 1. The number of carbonyl (C=O) groups excluding carboxylic acids is 1. The fraction of sp³-hybridized carbons (Fsp3) is 0.222. The maximum absolute atomic E-state index is 12.0. The van der Waals surface area contributed by atoms with E-state index in [1.54, 1.807) is 12.4 Å². The number of aromatic amines is 1. The van der Waals surface area contributed by atoms with Crippen LogP contribution < -0.4 is 5.73 Å². The molecule has 1 aliphatic rings. The summed E-state index contributed by atoms with van der Waals surface area (Å²) in [6.07, 6.45) is 4.77. The van der Waals surface area contributed by atoms with Crippen molar-refractivity contribution in [2.75, 3.05) is 13.1 Å². The highest BCUT2D eigenvalue weighted by Crippen LogP contribution is 2.29. The molecular weight excluding hydrogens is 288 g/mol. The molecule has 1 saturated heterocycles. The van der Waals surface area contributed by atoms with E-state index in [9.17, 15) is 4.79 Å². The van der Waals surface area contributed by atoms with E-state index >= 15 is 0 Å². The summed E-state index contributed by atoms with van der Waals surface area (Å²) < 4.78 is 0. The number of fused-ring (bicyclic) bond motifs is 1. The zero-order valence-corrected chi connectivity index (χ0v) is 12.7. The summed E-state index contributed by atoms with van der Waals surface area (Å²) in [7, 11) is 0. The van der Waals surface area contributed by atoms with Crippen LogP contribution in [0.4, 0.5) is 0 Å². The highest BCUT2D eigenvalue weighted by atomic mass is 16.1. The second-order valence-corrected chi connectivity index (χ2v) is 5.98. The summed E-state index contributed by atoms with van der Waals surface area (Å²) in [5, 5.41) is 0.767. The topological polar surface area (TPSA) is 75.0 Å². The monoisotopic (exact) mass is 306 g/mol. The highest BCUT2D eigenvalue weighted by Gasteiger charge is 2.17. The van der Waals surface area contributed by atoms with E-state index in [-0.39, 0.29) is 0 Å². The fourth-order valence-corrected chi connectivity index (χ4v) is 3.13. The van der Waals surface area contributed by atoms with E-state index < -0.39 is 5.91 Å². The van der Waals surface area contributed by atoms with E-state index in [1.807, 2.05) is 18.2 Å².